The lowest BCUT2D eigenvalue weighted by atomic mass is 10.1. The Bertz CT molecular complexity index is 1410. The van der Waals surface area contributed by atoms with E-state index in [-0.39, 0.29) is 17.3 Å². The van der Waals surface area contributed by atoms with Gasteiger partial charge in [-0.05, 0) is 54.8 Å². The molecule has 0 spiro atoms. The molecule has 0 saturated carbocycles. The van der Waals surface area contributed by atoms with Gasteiger partial charge >= 0.3 is 0 Å². The Morgan fingerprint density at radius 3 is 2.71 bits per heavy atom. The highest BCUT2D eigenvalue weighted by Gasteiger charge is 2.26. The molecule has 2 aromatic heterocycles. The van der Waals surface area contributed by atoms with Crippen LogP contribution in [0, 0.1) is 12.7 Å². The van der Waals surface area contributed by atoms with Gasteiger partial charge in [-0.25, -0.2) is 9.37 Å². The van der Waals surface area contributed by atoms with E-state index in [2.05, 4.69) is 15.4 Å². The van der Waals surface area contributed by atoms with E-state index >= 15 is 0 Å². The molecule has 0 aliphatic carbocycles. The minimum absolute atomic E-state index is 0.187. The number of fused-ring (bicyclic) bond motifs is 3. The third-order valence-electron chi connectivity index (χ3n) is 5.90. The molecule has 0 radical (unpaired) electrons. The van der Waals surface area contributed by atoms with Crippen molar-refractivity contribution >= 4 is 23.3 Å². The summed E-state index contributed by atoms with van der Waals surface area (Å²) in [6.45, 7) is 2.24. The zero-order valence-electron chi connectivity index (χ0n) is 18.7. The molecule has 2 aromatic carbocycles. The summed E-state index contributed by atoms with van der Waals surface area (Å²) in [4.78, 5) is 31.9. The highest BCUT2D eigenvalue weighted by atomic mass is 19.1. The minimum atomic E-state index is -0.486. The monoisotopic (exact) mass is 455 g/mol. The van der Waals surface area contributed by atoms with Gasteiger partial charge in [-0.15, -0.1) is 0 Å². The average Bonchev–Trinajstić information content (AvgIpc) is 3.14. The van der Waals surface area contributed by atoms with Gasteiger partial charge in [-0.1, -0.05) is 24.3 Å². The van der Waals surface area contributed by atoms with E-state index in [4.69, 9.17) is 0 Å². The number of nitrogens with zero attached hydrogens (tertiary/aromatic N) is 4. The number of carbonyl (C=O) groups excluding carboxylic acids is 2. The van der Waals surface area contributed by atoms with Crippen molar-refractivity contribution in [1.29, 1.82) is 0 Å². The van der Waals surface area contributed by atoms with Crippen molar-refractivity contribution in [2.75, 3.05) is 16.8 Å². The standard InChI is InChI=1S/C26H22FN5O2/c1-16-7-9-19(27)13-21(16)25(33)29-23-10-8-17(14-28-23)26(34)32-12-11-18-15-31(2)30-24(18)20-5-3-4-6-22(20)32/h3-10,13-15H,11-12H2,1-2H3,(H,28,29,33). The maximum Gasteiger partial charge on any atom is 0.259 e. The second kappa shape index (κ2) is 8.55. The molecule has 0 unspecified atom stereocenters. The van der Waals surface area contributed by atoms with E-state index in [9.17, 15) is 14.0 Å². The number of para-hydroxylation sites is 1. The fourth-order valence-electron chi connectivity index (χ4n) is 4.19. The lowest BCUT2D eigenvalue weighted by Crippen LogP contribution is -2.32. The van der Waals surface area contributed by atoms with Crippen molar-refractivity contribution in [1.82, 2.24) is 14.8 Å². The van der Waals surface area contributed by atoms with E-state index in [1.807, 2.05) is 37.5 Å². The van der Waals surface area contributed by atoms with Crippen molar-refractivity contribution < 1.29 is 14.0 Å². The van der Waals surface area contributed by atoms with E-state index in [1.165, 1.54) is 18.3 Å². The fraction of sp³-hybridized carbons (Fsp3) is 0.154. The van der Waals surface area contributed by atoms with Crippen LogP contribution in [0.3, 0.4) is 0 Å². The Balaban J connectivity index is 1.38. The van der Waals surface area contributed by atoms with E-state index in [0.717, 1.165) is 22.5 Å². The number of carbonyl (C=O) groups is 2. The molecule has 0 saturated heterocycles. The predicted molar refractivity (Wildman–Crippen MR) is 127 cm³/mol. The Morgan fingerprint density at radius 2 is 1.91 bits per heavy atom. The number of hydrogen-bond acceptors (Lipinski definition) is 4. The first-order valence-corrected chi connectivity index (χ1v) is 10.9. The van der Waals surface area contributed by atoms with Gasteiger partial charge in [0.15, 0.2) is 0 Å². The lowest BCUT2D eigenvalue weighted by Gasteiger charge is -2.23. The van der Waals surface area contributed by atoms with Crippen LogP contribution in [0.15, 0.2) is 67.0 Å². The SMILES string of the molecule is Cc1ccc(F)cc1C(=O)Nc1ccc(C(=O)N2CCc3cn(C)nc3-c3ccccc32)cn1. The highest BCUT2D eigenvalue weighted by Crippen LogP contribution is 2.35. The summed E-state index contributed by atoms with van der Waals surface area (Å²) in [6, 6.07) is 15.0. The van der Waals surface area contributed by atoms with Crippen LogP contribution in [-0.2, 0) is 13.5 Å². The number of amides is 2. The first-order chi connectivity index (χ1) is 16.4. The van der Waals surface area contributed by atoms with Gasteiger partial charge in [0.05, 0.1) is 16.9 Å². The number of anilines is 2. The average molecular weight is 455 g/mol. The molecule has 1 aliphatic rings. The predicted octanol–water partition coefficient (Wildman–Crippen LogP) is 4.38. The van der Waals surface area contributed by atoms with Crippen LogP contribution < -0.4 is 10.2 Å². The summed E-state index contributed by atoms with van der Waals surface area (Å²) in [5.74, 6) is -0.859. The number of aryl methyl sites for hydroxylation is 2. The third kappa shape index (κ3) is 3.94. The van der Waals surface area contributed by atoms with Crippen LogP contribution in [0.5, 0.6) is 0 Å². The van der Waals surface area contributed by atoms with Gasteiger partial charge in [-0.3, -0.25) is 14.3 Å². The van der Waals surface area contributed by atoms with Gasteiger partial charge in [0.2, 0.25) is 0 Å². The third-order valence-corrected chi connectivity index (χ3v) is 5.90. The number of pyridine rings is 1. The second-order valence-electron chi connectivity index (χ2n) is 8.25. The molecular weight excluding hydrogens is 433 g/mol. The number of rotatable bonds is 3. The Hall–Kier alpha value is -4.33. The first kappa shape index (κ1) is 21.5. The van der Waals surface area contributed by atoms with Gasteiger partial charge in [0.25, 0.3) is 11.8 Å². The molecule has 2 amide bonds. The van der Waals surface area contributed by atoms with E-state index in [0.29, 0.717) is 24.1 Å². The quantitative estimate of drug-likeness (QED) is 0.497. The number of nitrogens with one attached hydrogen (secondary N) is 1. The first-order valence-electron chi connectivity index (χ1n) is 10.9. The Labute approximate surface area is 195 Å². The van der Waals surface area contributed by atoms with Crippen LogP contribution in [0.4, 0.5) is 15.9 Å². The number of hydrogen-bond donors (Lipinski definition) is 1. The van der Waals surface area contributed by atoms with E-state index in [1.54, 1.807) is 34.7 Å². The van der Waals surface area contributed by atoms with Gasteiger partial charge in [0, 0.05) is 37.1 Å². The second-order valence-corrected chi connectivity index (χ2v) is 8.25. The Kier molecular flexibility index (Phi) is 5.41. The van der Waals surface area contributed by atoms with Crippen molar-refractivity contribution in [3.05, 3.63) is 95.1 Å². The molecular formula is C26H22FN5O2. The van der Waals surface area contributed by atoms with Crippen LogP contribution >= 0.6 is 0 Å². The maximum atomic E-state index is 13.5. The molecule has 5 rings (SSSR count). The Morgan fingerprint density at radius 1 is 1.09 bits per heavy atom. The number of halogens is 1. The number of benzene rings is 2. The minimum Gasteiger partial charge on any atom is -0.307 e. The van der Waals surface area contributed by atoms with Crippen molar-refractivity contribution in [2.24, 2.45) is 7.05 Å². The summed E-state index contributed by atoms with van der Waals surface area (Å²) in [5, 5.41) is 7.26. The van der Waals surface area contributed by atoms with Crippen molar-refractivity contribution in [3.8, 4) is 11.3 Å². The molecule has 4 aromatic rings. The van der Waals surface area contributed by atoms with Gasteiger partial charge in [0.1, 0.15) is 11.6 Å². The van der Waals surface area contributed by atoms with Crippen LogP contribution in [0.25, 0.3) is 11.3 Å². The molecule has 0 atom stereocenters. The number of aromatic nitrogens is 3. The topological polar surface area (TPSA) is 80.1 Å². The zero-order valence-corrected chi connectivity index (χ0v) is 18.7. The van der Waals surface area contributed by atoms with Gasteiger partial charge < -0.3 is 10.2 Å². The molecule has 3 heterocycles. The highest BCUT2D eigenvalue weighted by molar-refractivity contribution is 6.09. The summed E-state index contributed by atoms with van der Waals surface area (Å²) in [6.07, 6.45) is 4.10. The molecule has 1 aliphatic heterocycles. The maximum absolute atomic E-state index is 13.5. The molecule has 8 heteroatoms. The lowest BCUT2D eigenvalue weighted by molar-refractivity contribution is 0.0986. The van der Waals surface area contributed by atoms with E-state index < -0.39 is 11.7 Å². The molecule has 1 N–H and O–H groups in total. The molecule has 0 fully saturated rings. The molecule has 0 bridgehead atoms. The van der Waals surface area contributed by atoms with Crippen LogP contribution in [0.2, 0.25) is 0 Å². The fourth-order valence-corrected chi connectivity index (χ4v) is 4.19. The van der Waals surface area contributed by atoms with Gasteiger partial charge in [-0.2, -0.15) is 5.10 Å². The largest absolute Gasteiger partial charge is 0.307 e. The molecule has 170 valence electrons. The summed E-state index contributed by atoms with van der Waals surface area (Å²) >= 11 is 0. The van der Waals surface area contributed by atoms with Crippen molar-refractivity contribution in [3.63, 3.8) is 0 Å². The van der Waals surface area contributed by atoms with Crippen molar-refractivity contribution in [2.45, 2.75) is 13.3 Å². The summed E-state index contributed by atoms with van der Waals surface area (Å²) in [5.41, 5.74) is 4.97. The summed E-state index contributed by atoms with van der Waals surface area (Å²) < 4.78 is 15.3. The molecule has 7 nitrogen and oxygen atoms in total. The van der Waals surface area contributed by atoms with Crippen LogP contribution in [0.1, 0.15) is 31.8 Å². The molecule has 34 heavy (non-hydrogen) atoms. The van der Waals surface area contributed by atoms with Crippen LogP contribution in [-0.4, -0.2) is 33.1 Å². The summed E-state index contributed by atoms with van der Waals surface area (Å²) in [7, 11) is 1.89. The zero-order chi connectivity index (χ0) is 23.8. The normalized spacial score (nSPS) is 12.5. The smallest absolute Gasteiger partial charge is 0.259 e.